The highest BCUT2D eigenvalue weighted by molar-refractivity contribution is 6.04. The molecule has 3 heterocycles. The van der Waals surface area contributed by atoms with Crippen LogP contribution in [-0.4, -0.2) is 37.2 Å². The number of nitrogens with zero attached hydrogens (tertiary/aromatic N) is 2. The van der Waals surface area contributed by atoms with Crippen LogP contribution in [0.25, 0.3) is 0 Å². The van der Waals surface area contributed by atoms with Gasteiger partial charge in [-0.05, 0) is 37.0 Å². The van der Waals surface area contributed by atoms with Crippen LogP contribution in [0.5, 0.6) is 11.5 Å². The van der Waals surface area contributed by atoms with Crippen LogP contribution in [0.3, 0.4) is 0 Å². The molecule has 1 aromatic carbocycles. The van der Waals surface area contributed by atoms with Crippen molar-refractivity contribution in [3.8, 4) is 11.5 Å². The average Bonchev–Trinajstić information content (AvgIpc) is 2.68. The van der Waals surface area contributed by atoms with Gasteiger partial charge in [0.05, 0.1) is 17.4 Å². The molecule has 136 valence electrons. The number of fused-ring (bicyclic) bond motifs is 1. The molecule has 26 heavy (non-hydrogen) atoms. The smallest absolute Gasteiger partial charge is 0.257 e. The fourth-order valence-corrected chi connectivity index (χ4v) is 3.47. The minimum atomic E-state index is -0.180. The number of ether oxygens (including phenoxy) is 2. The molecule has 1 saturated heterocycles. The molecule has 2 aliphatic heterocycles. The van der Waals surface area contributed by atoms with Gasteiger partial charge in [-0.1, -0.05) is 6.92 Å². The van der Waals surface area contributed by atoms with E-state index in [1.165, 1.54) is 12.8 Å². The first-order valence-corrected chi connectivity index (χ1v) is 9.10. The molecule has 0 radical (unpaired) electrons. The fourth-order valence-electron chi connectivity index (χ4n) is 3.47. The van der Waals surface area contributed by atoms with E-state index in [0.717, 1.165) is 18.8 Å². The normalized spacial score (nSPS) is 19.1. The second-order valence-electron chi connectivity index (χ2n) is 6.94. The molecule has 0 spiro atoms. The van der Waals surface area contributed by atoms with E-state index in [1.807, 2.05) is 24.4 Å². The fraction of sp³-hybridized carbons (Fsp3) is 0.400. The summed E-state index contributed by atoms with van der Waals surface area (Å²) in [5.74, 6) is 1.85. The lowest BCUT2D eigenvalue weighted by atomic mass is 10.00. The van der Waals surface area contributed by atoms with Crippen LogP contribution in [0.15, 0.2) is 36.7 Å². The van der Waals surface area contributed by atoms with Gasteiger partial charge in [0.1, 0.15) is 13.2 Å². The van der Waals surface area contributed by atoms with Crippen LogP contribution in [0.1, 0.15) is 30.1 Å². The van der Waals surface area contributed by atoms with Crippen molar-refractivity contribution in [1.82, 2.24) is 4.98 Å². The maximum atomic E-state index is 12.6. The topological polar surface area (TPSA) is 63.7 Å². The maximum Gasteiger partial charge on any atom is 0.257 e. The summed E-state index contributed by atoms with van der Waals surface area (Å²) in [6, 6.07) is 7.33. The summed E-state index contributed by atoms with van der Waals surface area (Å²) in [4.78, 5) is 19.2. The van der Waals surface area contributed by atoms with Crippen LogP contribution in [-0.2, 0) is 0 Å². The van der Waals surface area contributed by atoms with Gasteiger partial charge in [0.2, 0.25) is 0 Å². The van der Waals surface area contributed by atoms with E-state index in [-0.39, 0.29) is 5.91 Å². The Labute approximate surface area is 153 Å². The van der Waals surface area contributed by atoms with Crippen molar-refractivity contribution in [2.24, 2.45) is 5.92 Å². The summed E-state index contributed by atoms with van der Waals surface area (Å²) in [6.07, 6.45) is 5.87. The number of benzene rings is 1. The van der Waals surface area contributed by atoms with Gasteiger partial charge >= 0.3 is 0 Å². The van der Waals surface area contributed by atoms with E-state index in [0.29, 0.717) is 41.9 Å². The molecule has 2 aliphatic rings. The molecule has 0 saturated carbocycles. The van der Waals surface area contributed by atoms with E-state index in [9.17, 15) is 4.79 Å². The zero-order chi connectivity index (χ0) is 17.9. The van der Waals surface area contributed by atoms with Crippen molar-refractivity contribution >= 4 is 17.3 Å². The summed E-state index contributed by atoms with van der Waals surface area (Å²) >= 11 is 0. The number of aromatic nitrogens is 1. The van der Waals surface area contributed by atoms with Gasteiger partial charge in [0.25, 0.3) is 5.91 Å². The molecule has 4 rings (SSSR count). The number of pyridine rings is 1. The van der Waals surface area contributed by atoms with E-state index in [2.05, 4.69) is 22.1 Å². The second kappa shape index (κ2) is 7.23. The lowest BCUT2D eigenvalue weighted by molar-refractivity contribution is 0.102. The number of rotatable bonds is 3. The van der Waals surface area contributed by atoms with Crippen LogP contribution in [0.4, 0.5) is 11.4 Å². The minimum absolute atomic E-state index is 0.180. The third kappa shape index (κ3) is 3.59. The summed E-state index contributed by atoms with van der Waals surface area (Å²) in [6.45, 7) is 5.35. The second-order valence-corrected chi connectivity index (χ2v) is 6.94. The Morgan fingerprint density at radius 3 is 2.88 bits per heavy atom. The number of hydrogen-bond donors (Lipinski definition) is 1. The molecule has 0 aliphatic carbocycles. The average molecular weight is 353 g/mol. The number of amides is 1. The van der Waals surface area contributed by atoms with E-state index in [4.69, 9.17) is 9.47 Å². The molecule has 1 aromatic heterocycles. The van der Waals surface area contributed by atoms with E-state index >= 15 is 0 Å². The number of anilines is 2. The predicted octanol–water partition coefficient (Wildman–Crippen LogP) is 3.34. The van der Waals surface area contributed by atoms with Crippen molar-refractivity contribution in [2.45, 2.75) is 19.8 Å². The van der Waals surface area contributed by atoms with Crippen LogP contribution in [0, 0.1) is 5.92 Å². The number of carbonyl (C=O) groups excluding carboxylic acids is 1. The van der Waals surface area contributed by atoms with E-state index < -0.39 is 0 Å². The molecule has 1 unspecified atom stereocenters. The molecule has 2 aromatic rings. The summed E-state index contributed by atoms with van der Waals surface area (Å²) in [7, 11) is 0. The Bertz CT molecular complexity index is 809. The van der Waals surface area contributed by atoms with Crippen molar-refractivity contribution in [1.29, 1.82) is 0 Å². The monoisotopic (exact) mass is 353 g/mol. The van der Waals surface area contributed by atoms with Gasteiger partial charge in [0, 0.05) is 31.0 Å². The van der Waals surface area contributed by atoms with Gasteiger partial charge in [-0.15, -0.1) is 0 Å². The van der Waals surface area contributed by atoms with Crippen LogP contribution in [0.2, 0.25) is 0 Å². The SMILES string of the molecule is CC1CCCN(c2cncc(C(=O)Nc3ccc4c(c3)OCCO4)c2)C1. The lowest BCUT2D eigenvalue weighted by Crippen LogP contribution is -2.34. The highest BCUT2D eigenvalue weighted by Gasteiger charge is 2.18. The zero-order valence-corrected chi connectivity index (χ0v) is 14.9. The largest absolute Gasteiger partial charge is 0.486 e. The molecular formula is C20H23N3O3. The molecule has 1 atom stereocenters. The third-order valence-electron chi connectivity index (χ3n) is 4.81. The lowest BCUT2D eigenvalue weighted by Gasteiger charge is -2.32. The van der Waals surface area contributed by atoms with Gasteiger partial charge in [-0.25, -0.2) is 0 Å². The summed E-state index contributed by atoms with van der Waals surface area (Å²) < 4.78 is 11.1. The molecule has 1 N–H and O–H groups in total. The minimum Gasteiger partial charge on any atom is -0.486 e. The third-order valence-corrected chi connectivity index (χ3v) is 4.81. The Hall–Kier alpha value is -2.76. The highest BCUT2D eigenvalue weighted by atomic mass is 16.6. The summed E-state index contributed by atoms with van der Waals surface area (Å²) in [5.41, 5.74) is 2.23. The van der Waals surface area contributed by atoms with Gasteiger partial charge < -0.3 is 19.7 Å². The zero-order valence-electron chi connectivity index (χ0n) is 14.9. The van der Waals surface area contributed by atoms with Crippen molar-refractivity contribution in [3.63, 3.8) is 0 Å². The molecule has 0 bridgehead atoms. The highest BCUT2D eigenvalue weighted by Crippen LogP contribution is 2.32. The van der Waals surface area contributed by atoms with Crippen molar-refractivity contribution in [3.05, 3.63) is 42.2 Å². The quantitative estimate of drug-likeness (QED) is 0.917. The van der Waals surface area contributed by atoms with Gasteiger partial charge in [-0.3, -0.25) is 9.78 Å². The summed E-state index contributed by atoms with van der Waals surface area (Å²) in [5, 5.41) is 2.91. The van der Waals surface area contributed by atoms with Crippen molar-refractivity contribution < 1.29 is 14.3 Å². The van der Waals surface area contributed by atoms with Gasteiger partial charge in [-0.2, -0.15) is 0 Å². The first-order chi connectivity index (χ1) is 12.7. The Balaban J connectivity index is 1.49. The van der Waals surface area contributed by atoms with Crippen LogP contribution >= 0.6 is 0 Å². The maximum absolute atomic E-state index is 12.6. The Kier molecular flexibility index (Phi) is 4.65. The number of hydrogen-bond acceptors (Lipinski definition) is 5. The Morgan fingerprint density at radius 2 is 2.04 bits per heavy atom. The van der Waals surface area contributed by atoms with Gasteiger partial charge in [0.15, 0.2) is 11.5 Å². The first kappa shape index (κ1) is 16.7. The molecule has 1 amide bonds. The molecular weight excluding hydrogens is 330 g/mol. The van der Waals surface area contributed by atoms with E-state index in [1.54, 1.807) is 12.3 Å². The first-order valence-electron chi connectivity index (χ1n) is 9.10. The van der Waals surface area contributed by atoms with Crippen LogP contribution < -0.4 is 19.7 Å². The molecule has 6 heteroatoms. The molecule has 1 fully saturated rings. The predicted molar refractivity (Wildman–Crippen MR) is 100 cm³/mol. The Morgan fingerprint density at radius 1 is 1.19 bits per heavy atom. The number of piperidine rings is 1. The standard InChI is InChI=1S/C20H23N3O3/c1-14-3-2-6-23(13-14)17-9-15(11-21-12-17)20(24)22-16-4-5-18-19(10-16)26-8-7-25-18/h4-5,9-12,14H,2-3,6-8,13H2,1H3,(H,22,24). The number of carbonyl (C=O) groups is 1. The van der Waals surface area contributed by atoms with Crippen molar-refractivity contribution in [2.75, 3.05) is 36.5 Å². The number of nitrogens with one attached hydrogen (secondary N) is 1. The molecule has 6 nitrogen and oxygen atoms in total.